The van der Waals surface area contributed by atoms with Gasteiger partial charge in [0.1, 0.15) is 12.1 Å². The number of imide groups is 1. The summed E-state index contributed by atoms with van der Waals surface area (Å²) >= 11 is 2.22. The van der Waals surface area contributed by atoms with Crippen LogP contribution in [-0.4, -0.2) is 34.7 Å². The zero-order chi connectivity index (χ0) is 12.6. The molecule has 2 rings (SSSR count). The van der Waals surface area contributed by atoms with Crippen molar-refractivity contribution in [2.45, 2.75) is 31.7 Å². The Morgan fingerprint density at radius 1 is 1.53 bits per heavy atom. The Morgan fingerprint density at radius 2 is 2.24 bits per heavy atom. The Bertz CT molecular complexity index is 432. The maximum Gasteiger partial charge on any atom is 0.255 e. The van der Waals surface area contributed by atoms with Gasteiger partial charge in [0.2, 0.25) is 11.8 Å². The molecular formula is C11H13IN2O3. The standard InChI is InChI=1S/C11H13IN2O3/c1-7(15)14-6-9(16)13-11(10(14)17)4-2-8(12)3-5-11/h2H,3-6H2,1H3,(H,13,16). The van der Waals surface area contributed by atoms with Crippen LogP contribution in [0.4, 0.5) is 0 Å². The fraction of sp³-hybridized carbons (Fsp3) is 0.545. The van der Waals surface area contributed by atoms with Gasteiger partial charge < -0.3 is 5.32 Å². The molecule has 0 bridgehead atoms. The van der Waals surface area contributed by atoms with Gasteiger partial charge >= 0.3 is 0 Å². The number of nitrogens with zero attached hydrogens (tertiary/aromatic N) is 1. The monoisotopic (exact) mass is 348 g/mol. The Hall–Kier alpha value is -0.920. The zero-order valence-electron chi connectivity index (χ0n) is 9.46. The van der Waals surface area contributed by atoms with Gasteiger partial charge in [-0.1, -0.05) is 6.08 Å². The number of amides is 3. The van der Waals surface area contributed by atoms with E-state index in [1.165, 1.54) is 10.5 Å². The summed E-state index contributed by atoms with van der Waals surface area (Å²) in [6.07, 6.45) is 3.75. The van der Waals surface area contributed by atoms with Gasteiger partial charge in [-0.25, -0.2) is 0 Å². The molecule has 17 heavy (non-hydrogen) atoms. The smallest absolute Gasteiger partial charge is 0.255 e. The number of piperazine rings is 1. The normalized spacial score (nSPS) is 29.1. The molecule has 1 fully saturated rings. The predicted octanol–water partition coefficient (Wildman–Crippen LogP) is 0.733. The number of rotatable bonds is 0. The van der Waals surface area contributed by atoms with Gasteiger partial charge in [0.15, 0.2) is 0 Å². The van der Waals surface area contributed by atoms with E-state index < -0.39 is 5.54 Å². The van der Waals surface area contributed by atoms with Crippen molar-refractivity contribution >= 4 is 40.3 Å². The van der Waals surface area contributed by atoms with Crippen LogP contribution in [0.5, 0.6) is 0 Å². The lowest BCUT2D eigenvalue weighted by Crippen LogP contribution is -2.67. The van der Waals surface area contributed by atoms with Crippen molar-refractivity contribution in [3.8, 4) is 0 Å². The van der Waals surface area contributed by atoms with Crippen LogP contribution < -0.4 is 5.32 Å². The van der Waals surface area contributed by atoms with E-state index in [-0.39, 0.29) is 24.3 Å². The fourth-order valence-electron chi connectivity index (χ4n) is 2.22. The minimum atomic E-state index is -0.893. The Kier molecular flexibility index (Phi) is 3.24. The molecule has 1 saturated heterocycles. The van der Waals surface area contributed by atoms with Gasteiger partial charge in [-0.3, -0.25) is 19.3 Å². The van der Waals surface area contributed by atoms with E-state index in [4.69, 9.17) is 0 Å². The van der Waals surface area contributed by atoms with Gasteiger partial charge in [-0.2, -0.15) is 0 Å². The topological polar surface area (TPSA) is 66.5 Å². The van der Waals surface area contributed by atoms with E-state index in [1.54, 1.807) is 0 Å². The summed E-state index contributed by atoms with van der Waals surface area (Å²) < 4.78 is 1.19. The van der Waals surface area contributed by atoms with Crippen LogP contribution in [0, 0.1) is 0 Å². The average molecular weight is 348 g/mol. The molecule has 0 radical (unpaired) electrons. The van der Waals surface area contributed by atoms with Crippen molar-refractivity contribution in [2.24, 2.45) is 0 Å². The molecule has 3 amide bonds. The first kappa shape index (κ1) is 12.5. The number of hydrogen-bond acceptors (Lipinski definition) is 3. The van der Waals surface area contributed by atoms with Crippen LogP contribution in [0.3, 0.4) is 0 Å². The molecule has 1 heterocycles. The van der Waals surface area contributed by atoms with Crippen molar-refractivity contribution in [3.05, 3.63) is 9.66 Å². The number of carbonyl (C=O) groups excluding carboxylic acids is 3. The molecule has 1 aliphatic heterocycles. The van der Waals surface area contributed by atoms with Gasteiger partial charge in [0.05, 0.1) is 0 Å². The van der Waals surface area contributed by atoms with Crippen LogP contribution in [0.1, 0.15) is 26.2 Å². The highest BCUT2D eigenvalue weighted by Gasteiger charge is 2.47. The molecule has 0 saturated carbocycles. The van der Waals surface area contributed by atoms with Crippen molar-refractivity contribution in [1.29, 1.82) is 0 Å². The molecule has 5 nitrogen and oxygen atoms in total. The molecule has 1 N–H and O–H groups in total. The van der Waals surface area contributed by atoms with E-state index in [9.17, 15) is 14.4 Å². The molecule has 92 valence electrons. The van der Waals surface area contributed by atoms with E-state index in [2.05, 4.69) is 27.9 Å². The predicted molar refractivity (Wildman–Crippen MR) is 69.2 cm³/mol. The Morgan fingerprint density at radius 3 is 2.76 bits per heavy atom. The molecule has 0 aromatic carbocycles. The third-order valence-electron chi connectivity index (χ3n) is 3.18. The highest BCUT2D eigenvalue weighted by Crippen LogP contribution is 2.33. The van der Waals surface area contributed by atoms with E-state index >= 15 is 0 Å². The number of carbonyl (C=O) groups is 3. The molecule has 0 aromatic heterocycles. The van der Waals surface area contributed by atoms with Crippen LogP contribution in [0.15, 0.2) is 9.66 Å². The van der Waals surface area contributed by atoms with Gasteiger partial charge in [-0.15, -0.1) is 0 Å². The summed E-state index contributed by atoms with van der Waals surface area (Å²) in [7, 11) is 0. The summed E-state index contributed by atoms with van der Waals surface area (Å²) in [5.74, 6) is -0.900. The summed E-state index contributed by atoms with van der Waals surface area (Å²) in [5, 5.41) is 2.76. The van der Waals surface area contributed by atoms with Crippen molar-refractivity contribution in [3.63, 3.8) is 0 Å². The Labute approximate surface area is 113 Å². The van der Waals surface area contributed by atoms with Crippen molar-refractivity contribution in [2.75, 3.05) is 6.54 Å². The second-order valence-corrected chi connectivity index (χ2v) is 5.78. The molecule has 1 spiro atoms. The van der Waals surface area contributed by atoms with Crippen molar-refractivity contribution in [1.82, 2.24) is 10.2 Å². The molecule has 1 unspecified atom stereocenters. The van der Waals surface area contributed by atoms with E-state index in [1.807, 2.05) is 6.08 Å². The first-order valence-electron chi connectivity index (χ1n) is 5.43. The number of allylic oxidation sites excluding steroid dienone is 1. The second kappa shape index (κ2) is 4.40. The SMILES string of the molecule is CC(=O)N1CC(=O)NC2(CC=C(I)CC2)C1=O. The summed E-state index contributed by atoms with van der Waals surface area (Å²) in [5.41, 5.74) is -0.893. The van der Waals surface area contributed by atoms with E-state index in [0.29, 0.717) is 12.8 Å². The lowest BCUT2D eigenvalue weighted by atomic mass is 9.82. The van der Waals surface area contributed by atoms with Crippen LogP contribution in [0.2, 0.25) is 0 Å². The highest BCUT2D eigenvalue weighted by atomic mass is 127. The minimum absolute atomic E-state index is 0.156. The van der Waals surface area contributed by atoms with Gasteiger partial charge in [0.25, 0.3) is 5.91 Å². The summed E-state index contributed by atoms with van der Waals surface area (Å²) in [6, 6.07) is 0. The largest absolute Gasteiger partial charge is 0.340 e. The summed E-state index contributed by atoms with van der Waals surface area (Å²) in [6.45, 7) is 1.16. The molecule has 6 heteroatoms. The highest BCUT2D eigenvalue weighted by molar-refractivity contribution is 14.1. The zero-order valence-corrected chi connectivity index (χ0v) is 11.6. The first-order chi connectivity index (χ1) is 7.94. The molecule has 1 aliphatic carbocycles. The Balaban J connectivity index is 2.30. The minimum Gasteiger partial charge on any atom is -0.340 e. The average Bonchev–Trinajstić information content (AvgIpc) is 2.27. The first-order valence-corrected chi connectivity index (χ1v) is 6.50. The lowest BCUT2D eigenvalue weighted by molar-refractivity contribution is -0.157. The third kappa shape index (κ3) is 2.22. The lowest BCUT2D eigenvalue weighted by Gasteiger charge is -2.42. The van der Waals surface area contributed by atoms with Gasteiger partial charge in [0, 0.05) is 6.92 Å². The quantitative estimate of drug-likeness (QED) is 0.657. The van der Waals surface area contributed by atoms with Crippen molar-refractivity contribution < 1.29 is 14.4 Å². The molecular weight excluding hydrogens is 335 g/mol. The number of hydrogen-bond donors (Lipinski definition) is 1. The maximum absolute atomic E-state index is 12.3. The maximum atomic E-state index is 12.3. The molecule has 1 atom stereocenters. The van der Waals surface area contributed by atoms with E-state index in [0.717, 1.165) is 11.3 Å². The third-order valence-corrected chi connectivity index (χ3v) is 4.16. The molecule has 0 aromatic rings. The number of halogens is 1. The summed E-state index contributed by atoms with van der Waals surface area (Å²) in [4.78, 5) is 36.3. The second-order valence-electron chi connectivity index (χ2n) is 4.40. The fourth-order valence-corrected chi connectivity index (χ4v) is 2.71. The van der Waals surface area contributed by atoms with Crippen LogP contribution >= 0.6 is 22.6 Å². The van der Waals surface area contributed by atoms with Crippen LogP contribution in [-0.2, 0) is 14.4 Å². The van der Waals surface area contributed by atoms with Gasteiger partial charge in [-0.05, 0) is 45.4 Å². The number of nitrogens with one attached hydrogen (secondary N) is 1. The molecule has 2 aliphatic rings. The van der Waals surface area contributed by atoms with Crippen LogP contribution in [0.25, 0.3) is 0 Å².